The van der Waals surface area contributed by atoms with Gasteiger partial charge in [0.15, 0.2) is 9.84 Å². The van der Waals surface area contributed by atoms with Crippen LogP contribution in [0.1, 0.15) is 12.6 Å². The Morgan fingerprint density at radius 3 is 2.42 bits per heavy atom. The molecule has 2 N–H and O–H groups in total. The van der Waals surface area contributed by atoms with Gasteiger partial charge in [0, 0.05) is 12.5 Å². The smallest absolute Gasteiger partial charge is 0.175 e. The molecule has 2 aromatic rings. The molecule has 1 heterocycles. The Bertz CT molecular complexity index is 671. The number of benzene rings is 1. The van der Waals surface area contributed by atoms with Crippen molar-refractivity contribution in [2.45, 2.75) is 11.8 Å². The summed E-state index contributed by atoms with van der Waals surface area (Å²) >= 11 is 0. The summed E-state index contributed by atoms with van der Waals surface area (Å²) in [6.07, 6.45) is 3.01. The quantitative estimate of drug-likeness (QED) is 0.665. The van der Waals surface area contributed by atoms with E-state index in [9.17, 15) is 8.42 Å². The Morgan fingerprint density at radius 2 is 1.89 bits per heavy atom. The van der Waals surface area contributed by atoms with Gasteiger partial charge < -0.3 is 4.98 Å². The fourth-order valence-corrected chi connectivity index (χ4v) is 2.17. The van der Waals surface area contributed by atoms with Crippen molar-refractivity contribution in [1.82, 2.24) is 4.98 Å². The zero-order chi connectivity index (χ0) is 13.9. The molecule has 0 spiro atoms. The zero-order valence-electron chi connectivity index (χ0n) is 10.7. The molecule has 0 bridgehead atoms. The number of hydrogen-bond acceptors (Lipinski definition) is 4. The van der Waals surface area contributed by atoms with Crippen molar-refractivity contribution >= 4 is 21.2 Å². The largest absolute Gasteiger partial charge is 0.360 e. The lowest BCUT2D eigenvalue weighted by Gasteiger charge is -2.03. The number of hydrazone groups is 1. The third-order valence-corrected chi connectivity index (χ3v) is 3.75. The molecule has 5 nitrogen and oxygen atoms in total. The molecule has 0 fully saturated rings. The summed E-state index contributed by atoms with van der Waals surface area (Å²) in [6.45, 7) is 1.88. The third-order valence-electron chi connectivity index (χ3n) is 2.62. The van der Waals surface area contributed by atoms with E-state index in [-0.39, 0.29) is 0 Å². The first kappa shape index (κ1) is 13.4. The predicted octanol–water partition coefficient (Wildman–Crippen LogP) is 2.25. The lowest BCUT2D eigenvalue weighted by Crippen LogP contribution is -2.00. The van der Waals surface area contributed by atoms with E-state index in [1.165, 1.54) is 6.26 Å². The minimum absolute atomic E-state index is 0.295. The highest BCUT2D eigenvalue weighted by Crippen LogP contribution is 2.14. The molecule has 0 aliphatic rings. The van der Waals surface area contributed by atoms with Gasteiger partial charge in [-0.3, -0.25) is 5.43 Å². The van der Waals surface area contributed by atoms with Gasteiger partial charge in [-0.15, -0.1) is 0 Å². The van der Waals surface area contributed by atoms with Gasteiger partial charge in [-0.25, -0.2) is 8.42 Å². The van der Waals surface area contributed by atoms with Crippen LogP contribution in [0.2, 0.25) is 0 Å². The summed E-state index contributed by atoms with van der Waals surface area (Å²) < 4.78 is 22.6. The van der Waals surface area contributed by atoms with Crippen molar-refractivity contribution in [1.29, 1.82) is 0 Å². The monoisotopic (exact) mass is 277 g/mol. The van der Waals surface area contributed by atoms with Crippen LogP contribution in [0.3, 0.4) is 0 Å². The molecule has 6 heteroatoms. The van der Waals surface area contributed by atoms with E-state index in [1.807, 2.05) is 25.3 Å². The highest BCUT2D eigenvalue weighted by Gasteiger charge is 2.05. The third kappa shape index (κ3) is 3.45. The van der Waals surface area contributed by atoms with E-state index in [2.05, 4.69) is 15.5 Å². The van der Waals surface area contributed by atoms with Crippen LogP contribution in [0.25, 0.3) is 0 Å². The number of rotatable bonds is 4. The highest BCUT2D eigenvalue weighted by atomic mass is 32.2. The molecule has 2 rings (SSSR count). The van der Waals surface area contributed by atoms with Crippen LogP contribution in [0.4, 0.5) is 5.69 Å². The van der Waals surface area contributed by atoms with E-state index >= 15 is 0 Å². The van der Waals surface area contributed by atoms with Gasteiger partial charge in [-0.1, -0.05) is 0 Å². The number of hydrogen-bond donors (Lipinski definition) is 2. The SMILES string of the molecule is C/C(=N\Nc1ccc(S(C)(=O)=O)cc1)c1ccc[nH]1. The number of nitrogens with zero attached hydrogens (tertiary/aromatic N) is 1. The number of sulfone groups is 1. The molecule has 0 saturated heterocycles. The van der Waals surface area contributed by atoms with Gasteiger partial charge in [-0.2, -0.15) is 5.10 Å². The zero-order valence-corrected chi connectivity index (χ0v) is 11.5. The maximum atomic E-state index is 11.3. The summed E-state index contributed by atoms with van der Waals surface area (Å²) in [5.74, 6) is 0. The Morgan fingerprint density at radius 1 is 1.21 bits per heavy atom. The lowest BCUT2D eigenvalue weighted by molar-refractivity contribution is 0.602. The average Bonchev–Trinajstić information content (AvgIpc) is 2.89. The van der Waals surface area contributed by atoms with Gasteiger partial charge in [0.2, 0.25) is 0 Å². The number of anilines is 1. The first-order valence-corrected chi connectivity index (χ1v) is 7.60. The summed E-state index contributed by atoms with van der Waals surface area (Å²) in [7, 11) is -3.15. The van der Waals surface area contributed by atoms with Crippen LogP contribution in [-0.2, 0) is 9.84 Å². The lowest BCUT2D eigenvalue weighted by atomic mass is 10.3. The maximum Gasteiger partial charge on any atom is 0.175 e. The van der Waals surface area contributed by atoms with Gasteiger partial charge in [0.1, 0.15) is 0 Å². The van der Waals surface area contributed by atoms with E-state index < -0.39 is 9.84 Å². The normalized spacial score (nSPS) is 12.4. The fraction of sp³-hybridized carbons (Fsp3) is 0.154. The first-order valence-electron chi connectivity index (χ1n) is 5.71. The van der Waals surface area contributed by atoms with E-state index in [4.69, 9.17) is 0 Å². The van der Waals surface area contributed by atoms with Crippen molar-refractivity contribution in [2.24, 2.45) is 5.10 Å². The molecule has 0 unspecified atom stereocenters. The van der Waals surface area contributed by atoms with Crippen LogP contribution in [0.5, 0.6) is 0 Å². The van der Waals surface area contributed by atoms with Gasteiger partial charge in [0.25, 0.3) is 0 Å². The van der Waals surface area contributed by atoms with E-state index in [1.54, 1.807) is 24.3 Å². The maximum absolute atomic E-state index is 11.3. The summed E-state index contributed by atoms with van der Waals surface area (Å²) in [6, 6.07) is 10.3. The average molecular weight is 277 g/mol. The Labute approximate surface area is 112 Å². The van der Waals surface area contributed by atoms with Crippen molar-refractivity contribution in [3.63, 3.8) is 0 Å². The van der Waals surface area contributed by atoms with Crippen molar-refractivity contribution in [3.8, 4) is 0 Å². The minimum atomic E-state index is -3.15. The Balaban J connectivity index is 2.11. The van der Waals surface area contributed by atoms with Crippen LogP contribution in [-0.4, -0.2) is 25.4 Å². The molecular formula is C13H15N3O2S. The number of aromatic nitrogens is 1. The second-order valence-electron chi connectivity index (χ2n) is 4.19. The fourth-order valence-electron chi connectivity index (χ4n) is 1.54. The standard InChI is InChI=1S/C13H15N3O2S/c1-10(13-4-3-9-14-13)15-16-11-5-7-12(8-6-11)19(2,17)18/h3-9,14,16H,1-2H3/b15-10+. The Hall–Kier alpha value is -2.08. The molecule has 0 aliphatic heterocycles. The predicted molar refractivity (Wildman–Crippen MR) is 76.2 cm³/mol. The van der Waals surface area contributed by atoms with Crippen molar-refractivity contribution in [3.05, 3.63) is 48.3 Å². The molecule has 0 aliphatic carbocycles. The van der Waals surface area contributed by atoms with Crippen LogP contribution < -0.4 is 5.43 Å². The van der Waals surface area contributed by atoms with Crippen molar-refractivity contribution < 1.29 is 8.42 Å². The summed E-state index contributed by atoms with van der Waals surface area (Å²) in [5.41, 5.74) is 5.37. The van der Waals surface area contributed by atoms with Crippen LogP contribution in [0, 0.1) is 0 Å². The molecule has 1 aromatic carbocycles. The molecule has 100 valence electrons. The molecular weight excluding hydrogens is 262 g/mol. The number of aromatic amines is 1. The second kappa shape index (κ2) is 5.27. The van der Waals surface area contributed by atoms with E-state index in [0.29, 0.717) is 4.90 Å². The molecule has 19 heavy (non-hydrogen) atoms. The van der Waals surface area contributed by atoms with Crippen LogP contribution in [0.15, 0.2) is 52.6 Å². The second-order valence-corrected chi connectivity index (χ2v) is 6.21. The van der Waals surface area contributed by atoms with Gasteiger partial charge in [-0.05, 0) is 43.3 Å². The van der Waals surface area contributed by atoms with Gasteiger partial charge >= 0.3 is 0 Å². The van der Waals surface area contributed by atoms with Crippen molar-refractivity contribution in [2.75, 3.05) is 11.7 Å². The summed E-state index contributed by atoms with van der Waals surface area (Å²) in [5, 5.41) is 4.21. The number of nitrogens with one attached hydrogen (secondary N) is 2. The minimum Gasteiger partial charge on any atom is -0.360 e. The topological polar surface area (TPSA) is 74.3 Å². The first-order chi connectivity index (χ1) is 8.97. The molecule has 1 aromatic heterocycles. The number of H-pyrrole nitrogens is 1. The molecule has 0 saturated carbocycles. The molecule has 0 amide bonds. The Kier molecular flexibility index (Phi) is 3.71. The van der Waals surface area contributed by atoms with Crippen LogP contribution >= 0.6 is 0 Å². The molecule has 0 radical (unpaired) electrons. The molecule has 0 atom stereocenters. The van der Waals surface area contributed by atoms with Gasteiger partial charge in [0.05, 0.1) is 22.0 Å². The van der Waals surface area contributed by atoms with E-state index in [0.717, 1.165) is 17.1 Å². The summed E-state index contributed by atoms with van der Waals surface area (Å²) in [4.78, 5) is 3.35. The highest BCUT2D eigenvalue weighted by molar-refractivity contribution is 7.90.